The molecule has 2 aromatic carbocycles. The standard InChI is InChI=1S/C21H23FN4O2S/c1-14(24-20(27)16-6-8-18(28-2)9-7-16)10-11-23-21-25-19(26-29-21)13-15-4-3-5-17(22)12-15/h3-9,12,14H,10-11,13H2,1-2H3,(H,24,27)(H,23,25,26). The van der Waals surface area contributed by atoms with Crippen LogP contribution in [0.25, 0.3) is 0 Å². The van der Waals surface area contributed by atoms with E-state index in [2.05, 4.69) is 20.0 Å². The minimum absolute atomic E-state index is 0.00297. The topological polar surface area (TPSA) is 76.1 Å². The summed E-state index contributed by atoms with van der Waals surface area (Å²) < 4.78 is 22.7. The number of anilines is 1. The summed E-state index contributed by atoms with van der Waals surface area (Å²) >= 11 is 1.27. The van der Waals surface area contributed by atoms with Crippen LogP contribution < -0.4 is 15.4 Å². The first-order valence-electron chi connectivity index (χ1n) is 9.29. The third-order valence-corrected chi connectivity index (χ3v) is 5.01. The molecule has 0 saturated carbocycles. The van der Waals surface area contributed by atoms with Gasteiger partial charge in [-0.3, -0.25) is 4.79 Å². The van der Waals surface area contributed by atoms with Crippen molar-refractivity contribution in [2.24, 2.45) is 0 Å². The van der Waals surface area contributed by atoms with E-state index in [0.717, 1.165) is 12.0 Å². The van der Waals surface area contributed by atoms with Crippen LogP contribution in [-0.2, 0) is 6.42 Å². The Morgan fingerprint density at radius 1 is 1.24 bits per heavy atom. The summed E-state index contributed by atoms with van der Waals surface area (Å²) in [6.07, 6.45) is 1.23. The van der Waals surface area contributed by atoms with E-state index in [9.17, 15) is 9.18 Å². The van der Waals surface area contributed by atoms with E-state index >= 15 is 0 Å². The lowest BCUT2D eigenvalue weighted by molar-refractivity contribution is 0.0939. The SMILES string of the molecule is COc1ccc(C(=O)NC(C)CCNc2nc(Cc3cccc(F)c3)ns2)cc1. The fraction of sp³-hybridized carbons (Fsp3) is 0.286. The van der Waals surface area contributed by atoms with E-state index in [4.69, 9.17) is 4.74 Å². The van der Waals surface area contributed by atoms with Crippen molar-refractivity contribution in [1.29, 1.82) is 0 Å². The number of nitrogens with zero attached hydrogens (tertiary/aromatic N) is 2. The van der Waals surface area contributed by atoms with Crippen LogP contribution in [-0.4, -0.2) is 35.0 Å². The number of amides is 1. The lowest BCUT2D eigenvalue weighted by Crippen LogP contribution is -2.33. The molecular formula is C21H23FN4O2S. The van der Waals surface area contributed by atoms with Crippen LogP contribution in [0.1, 0.15) is 35.1 Å². The molecule has 3 aromatic rings. The van der Waals surface area contributed by atoms with E-state index in [1.165, 1.54) is 23.7 Å². The minimum Gasteiger partial charge on any atom is -0.497 e. The molecule has 6 nitrogen and oxygen atoms in total. The van der Waals surface area contributed by atoms with Gasteiger partial charge in [-0.25, -0.2) is 9.37 Å². The zero-order chi connectivity index (χ0) is 20.6. The van der Waals surface area contributed by atoms with Crippen molar-refractivity contribution in [2.45, 2.75) is 25.8 Å². The predicted molar refractivity (Wildman–Crippen MR) is 112 cm³/mol. The number of carbonyl (C=O) groups is 1. The molecule has 1 heterocycles. The number of hydrogen-bond acceptors (Lipinski definition) is 6. The number of halogens is 1. The second-order valence-corrected chi connectivity index (χ2v) is 7.39. The molecule has 8 heteroatoms. The summed E-state index contributed by atoms with van der Waals surface area (Å²) in [6.45, 7) is 2.61. The van der Waals surface area contributed by atoms with Crippen LogP contribution in [0.4, 0.5) is 9.52 Å². The molecule has 1 amide bonds. The number of hydrogen-bond donors (Lipinski definition) is 2. The van der Waals surface area contributed by atoms with Crippen LogP contribution in [0.15, 0.2) is 48.5 Å². The lowest BCUT2D eigenvalue weighted by atomic mass is 10.1. The molecule has 1 aromatic heterocycles. The Balaban J connectivity index is 1.42. The first kappa shape index (κ1) is 20.7. The molecule has 0 aliphatic carbocycles. The third-order valence-electron chi connectivity index (χ3n) is 4.30. The van der Waals surface area contributed by atoms with Gasteiger partial charge < -0.3 is 15.4 Å². The largest absolute Gasteiger partial charge is 0.497 e. The highest BCUT2D eigenvalue weighted by Gasteiger charge is 2.11. The van der Waals surface area contributed by atoms with E-state index < -0.39 is 0 Å². The highest BCUT2D eigenvalue weighted by atomic mass is 32.1. The van der Waals surface area contributed by atoms with Gasteiger partial charge in [-0.2, -0.15) is 4.37 Å². The molecule has 152 valence electrons. The number of carbonyl (C=O) groups excluding carboxylic acids is 1. The molecular weight excluding hydrogens is 391 g/mol. The van der Waals surface area contributed by atoms with Gasteiger partial charge in [0.2, 0.25) is 5.13 Å². The molecule has 1 unspecified atom stereocenters. The molecule has 2 N–H and O–H groups in total. The Morgan fingerprint density at radius 2 is 2.03 bits per heavy atom. The van der Waals surface area contributed by atoms with Gasteiger partial charge in [-0.15, -0.1) is 0 Å². The van der Waals surface area contributed by atoms with Crippen molar-refractivity contribution in [3.05, 3.63) is 71.3 Å². The van der Waals surface area contributed by atoms with Gasteiger partial charge in [0.25, 0.3) is 5.91 Å². The molecule has 0 fully saturated rings. The average Bonchev–Trinajstić information content (AvgIpc) is 3.15. The number of aromatic nitrogens is 2. The average molecular weight is 415 g/mol. The van der Waals surface area contributed by atoms with Crippen molar-refractivity contribution in [3.63, 3.8) is 0 Å². The Kier molecular flexibility index (Phi) is 7.13. The first-order chi connectivity index (χ1) is 14.0. The van der Waals surface area contributed by atoms with Gasteiger partial charge in [0, 0.05) is 36.1 Å². The van der Waals surface area contributed by atoms with E-state index in [-0.39, 0.29) is 17.8 Å². The molecule has 1 atom stereocenters. The van der Waals surface area contributed by atoms with Gasteiger partial charge in [-0.1, -0.05) is 12.1 Å². The third kappa shape index (κ3) is 6.25. The minimum atomic E-state index is -0.262. The van der Waals surface area contributed by atoms with Crippen LogP contribution in [0.5, 0.6) is 5.75 Å². The van der Waals surface area contributed by atoms with Gasteiger partial charge in [-0.05, 0) is 55.3 Å². The fourth-order valence-corrected chi connectivity index (χ4v) is 3.35. The molecule has 0 spiro atoms. The maximum Gasteiger partial charge on any atom is 0.251 e. The molecule has 0 aliphatic heterocycles. The molecule has 29 heavy (non-hydrogen) atoms. The van der Waals surface area contributed by atoms with Crippen LogP contribution in [0, 0.1) is 5.82 Å². The highest BCUT2D eigenvalue weighted by molar-refractivity contribution is 7.09. The van der Waals surface area contributed by atoms with Gasteiger partial charge >= 0.3 is 0 Å². The van der Waals surface area contributed by atoms with E-state index in [1.54, 1.807) is 37.4 Å². The maximum atomic E-state index is 13.3. The van der Waals surface area contributed by atoms with Gasteiger partial charge in [0.05, 0.1) is 7.11 Å². The van der Waals surface area contributed by atoms with Crippen molar-refractivity contribution in [3.8, 4) is 5.75 Å². The number of nitrogens with one attached hydrogen (secondary N) is 2. The molecule has 0 radical (unpaired) electrons. The first-order valence-corrected chi connectivity index (χ1v) is 10.1. The monoisotopic (exact) mass is 414 g/mol. The number of rotatable bonds is 9. The Hall–Kier alpha value is -3.00. The Labute approximate surface area is 173 Å². The van der Waals surface area contributed by atoms with Crippen molar-refractivity contribution >= 4 is 22.6 Å². The summed E-state index contributed by atoms with van der Waals surface area (Å²) in [5.41, 5.74) is 1.43. The second kappa shape index (κ2) is 9.97. The van der Waals surface area contributed by atoms with Crippen LogP contribution in [0.3, 0.4) is 0 Å². The smallest absolute Gasteiger partial charge is 0.251 e. The fourth-order valence-electron chi connectivity index (χ4n) is 2.74. The zero-order valence-electron chi connectivity index (χ0n) is 16.3. The van der Waals surface area contributed by atoms with E-state index in [1.807, 2.05) is 13.0 Å². The molecule has 0 bridgehead atoms. The normalized spacial score (nSPS) is 11.7. The lowest BCUT2D eigenvalue weighted by Gasteiger charge is -2.14. The molecule has 0 saturated heterocycles. The number of ether oxygens (including phenoxy) is 1. The maximum absolute atomic E-state index is 13.3. The van der Waals surface area contributed by atoms with Gasteiger partial charge in [0.1, 0.15) is 17.4 Å². The summed E-state index contributed by atoms with van der Waals surface area (Å²) in [4.78, 5) is 16.7. The number of methoxy groups -OCH3 is 1. The summed E-state index contributed by atoms with van der Waals surface area (Å²) in [5.74, 6) is 0.992. The van der Waals surface area contributed by atoms with Crippen molar-refractivity contribution in [1.82, 2.24) is 14.7 Å². The van der Waals surface area contributed by atoms with Crippen molar-refractivity contribution in [2.75, 3.05) is 19.0 Å². The summed E-state index contributed by atoms with van der Waals surface area (Å²) in [6, 6.07) is 13.4. The Bertz CT molecular complexity index is 946. The number of benzene rings is 2. The van der Waals surface area contributed by atoms with Crippen molar-refractivity contribution < 1.29 is 13.9 Å². The van der Waals surface area contributed by atoms with Gasteiger partial charge in [0.15, 0.2) is 0 Å². The molecule has 0 aliphatic rings. The van der Waals surface area contributed by atoms with Crippen LogP contribution >= 0.6 is 11.5 Å². The van der Waals surface area contributed by atoms with E-state index in [0.29, 0.717) is 35.2 Å². The predicted octanol–water partition coefficient (Wildman–Crippen LogP) is 3.90. The zero-order valence-corrected chi connectivity index (χ0v) is 17.1. The highest BCUT2D eigenvalue weighted by Crippen LogP contribution is 2.15. The summed E-state index contributed by atoms with van der Waals surface area (Å²) in [7, 11) is 1.59. The quantitative estimate of drug-likeness (QED) is 0.555. The second-order valence-electron chi connectivity index (χ2n) is 6.64. The van der Waals surface area contributed by atoms with Crippen LogP contribution in [0.2, 0.25) is 0 Å². The Morgan fingerprint density at radius 3 is 2.76 bits per heavy atom. The summed E-state index contributed by atoms with van der Waals surface area (Å²) in [5, 5.41) is 6.91. The molecule has 3 rings (SSSR count).